The van der Waals surface area contributed by atoms with Crippen LogP contribution in [0, 0.1) is 0 Å². The zero-order chi connectivity index (χ0) is 41.4. The molecule has 0 bridgehead atoms. The van der Waals surface area contributed by atoms with Crippen molar-refractivity contribution in [2.24, 2.45) is 0 Å². The molecule has 0 N–H and O–H groups in total. The van der Waals surface area contributed by atoms with Gasteiger partial charge in [0, 0.05) is 38.6 Å². The average molecular weight is 792 g/mol. The van der Waals surface area contributed by atoms with Gasteiger partial charge in [0.25, 0.3) is 0 Å². The number of hydrogen-bond donors (Lipinski definition) is 0. The number of nitrogens with zero attached hydrogens (tertiary/aromatic N) is 3. The number of rotatable bonds is 6. The Bertz CT molecular complexity index is 3540. The SMILES string of the molecule is CC1(C)c2cc3ccccc3cc2-c2c(-c3ccccc3-c3cc(-c4cccc(-c5ccc6c(c5)c5ccccc5n6-c5ccccc5)c4)nc(-c4ccccc4)n3)cccc21. The third kappa shape index (κ3) is 5.73. The molecule has 2 heterocycles. The molecule has 0 unspecified atom stereocenters. The van der Waals surface area contributed by atoms with Gasteiger partial charge < -0.3 is 4.57 Å². The first-order chi connectivity index (χ1) is 30.5. The molecule has 62 heavy (non-hydrogen) atoms. The van der Waals surface area contributed by atoms with Gasteiger partial charge in [-0.3, -0.25) is 0 Å². The van der Waals surface area contributed by atoms with Gasteiger partial charge in [0.2, 0.25) is 0 Å². The zero-order valence-electron chi connectivity index (χ0n) is 34.5. The lowest BCUT2D eigenvalue weighted by Crippen LogP contribution is -2.14. The molecule has 1 aliphatic carbocycles. The monoisotopic (exact) mass is 791 g/mol. The van der Waals surface area contributed by atoms with Gasteiger partial charge in [-0.2, -0.15) is 0 Å². The lowest BCUT2D eigenvalue weighted by Gasteiger charge is -2.22. The maximum absolute atomic E-state index is 5.35. The Labute approximate surface area is 361 Å². The van der Waals surface area contributed by atoms with E-state index in [1.807, 2.05) is 6.07 Å². The van der Waals surface area contributed by atoms with Gasteiger partial charge >= 0.3 is 0 Å². The van der Waals surface area contributed by atoms with E-state index in [0.717, 1.165) is 50.5 Å². The van der Waals surface area contributed by atoms with Crippen molar-refractivity contribution in [1.82, 2.24) is 14.5 Å². The number of fused-ring (bicyclic) bond motifs is 7. The first-order valence-electron chi connectivity index (χ1n) is 21.4. The molecule has 0 aliphatic heterocycles. The average Bonchev–Trinajstić information content (AvgIpc) is 3.78. The van der Waals surface area contributed by atoms with Crippen LogP contribution in [-0.2, 0) is 5.41 Å². The number of aromatic nitrogens is 3. The third-order valence-electron chi connectivity index (χ3n) is 13.0. The smallest absolute Gasteiger partial charge is 0.160 e. The Morgan fingerprint density at radius 2 is 0.984 bits per heavy atom. The summed E-state index contributed by atoms with van der Waals surface area (Å²) in [6.45, 7) is 4.72. The van der Waals surface area contributed by atoms with E-state index in [4.69, 9.17) is 9.97 Å². The van der Waals surface area contributed by atoms with Crippen LogP contribution < -0.4 is 0 Å². The molecule has 292 valence electrons. The molecule has 0 fully saturated rings. The summed E-state index contributed by atoms with van der Waals surface area (Å²) in [6.07, 6.45) is 0. The van der Waals surface area contributed by atoms with Gasteiger partial charge in [0.05, 0.1) is 22.4 Å². The Morgan fingerprint density at radius 3 is 1.82 bits per heavy atom. The Balaban J connectivity index is 1.01. The molecule has 0 spiro atoms. The maximum Gasteiger partial charge on any atom is 0.160 e. The highest BCUT2D eigenvalue weighted by molar-refractivity contribution is 6.10. The first-order valence-corrected chi connectivity index (χ1v) is 21.4. The fourth-order valence-electron chi connectivity index (χ4n) is 9.95. The van der Waals surface area contributed by atoms with Crippen LogP contribution in [0.15, 0.2) is 212 Å². The lowest BCUT2D eigenvalue weighted by atomic mass is 9.81. The summed E-state index contributed by atoms with van der Waals surface area (Å²) in [5, 5.41) is 5.00. The summed E-state index contributed by atoms with van der Waals surface area (Å²) in [7, 11) is 0. The van der Waals surface area contributed by atoms with E-state index in [1.54, 1.807) is 0 Å². The molecule has 3 heteroatoms. The lowest BCUT2D eigenvalue weighted by molar-refractivity contribution is 0.661. The van der Waals surface area contributed by atoms with E-state index in [0.29, 0.717) is 5.82 Å². The minimum atomic E-state index is -0.142. The molecular weight excluding hydrogens is 751 g/mol. The third-order valence-corrected chi connectivity index (χ3v) is 13.0. The van der Waals surface area contributed by atoms with E-state index < -0.39 is 0 Å². The fraction of sp³-hybridized carbons (Fsp3) is 0.0508. The van der Waals surface area contributed by atoms with E-state index in [2.05, 4.69) is 225 Å². The van der Waals surface area contributed by atoms with Crippen LogP contribution in [0.5, 0.6) is 0 Å². The molecule has 0 saturated carbocycles. The summed E-state index contributed by atoms with van der Waals surface area (Å²) >= 11 is 0. The highest BCUT2D eigenvalue weighted by Gasteiger charge is 2.37. The second-order valence-electron chi connectivity index (χ2n) is 17.0. The van der Waals surface area contributed by atoms with Gasteiger partial charge in [0.15, 0.2) is 5.82 Å². The van der Waals surface area contributed by atoms with Crippen LogP contribution in [0.25, 0.3) is 106 Å². The van der Waals surface area contributed by atoms with Crippen molar-refractivity contribution < 1.29 is 0 Å². The summed E-state index contributed by atoms with van der Waals surface area (Å²) in [4.78, 5) is 10.6. The highest BCUT2D eigenvalue weighted by atomic mass is 15.0. The van der Waals surface area contributed by atoms with Crippen LogP contribution in [0.4, 0.5) is 0 Å². The highest BCUT2D eigenvalue weighted by Crippen LogP contribution is 2.54. The van der Waals surface area contributed by atoms with Crippen molar-refractivity contribution in [1.29, 1.82) is 0 Å². The molecule has 1 aliphatic rings. The van der Waals surface area contributed by atoms with Gasteiger partial charge in [-0.25, -0.2) is 9.97 Å². The van der Waals surface area contributed by atoms with Crippen molar-refractivity contribution in [3.8, 4) is 73.0 Å². The maximum atomic E-state index is 5.35. The molecule has 11 aromatic rings. The van der Waals surface area contributed by atoms with Gasteiger partial charge in [-0.15, -0.1) is 0 Å². The van der Waals surface area contributed by atoms with Gasteiger partial charge in [0.1, 0.15) is 0 Å². The summed E-state index contributed by atoms with van der Waals surface area (Å²) in [5.41, 5.74) is 18.3. The standard InChI is InChI=1S/C59H41N3/c1-59(2)51-29-16-28-48(57(51)50-35-40-19-9-10-20-41(40)36-52(50)59)45-25-11-12-26-46(45)54-37-53(60-58(61-54)38-17-5-3-6-18-38)43-22-15-21-39(33-43)42-31-32-56-49(34-42)47-27-13-14-30-55(47)62(56)44-23-7-4-8-24-44/h3-37H,1-2H3. The summed E-state index contributed by atoms with van der Waals surface area (Å²) < 4.78 is 2.36. The van der Waals surface area contributed by atoms with Crippen molar-refractivity contribution in [3.63, 3.8) is 0 Å². The largest absolute Gasteiger partial charge is 0.309 e. The van der Waals surface area contributed by atoms with Crippen molar-refractivity contribution in [2.45, 2.75) is 19.3 Å². The fourth-order valence-corrected chi connectivity index (χ4v) is 9.95. The normalized spacial score (nSPS) is 12.8. The van der Waals surface area contributed by atoms with E-state index in [-0.39, 0.29) is 5.41 Å². The van der Waals surface area contributed by atoms with E-state index in [1.165, 1.54) is 60.4 Å². The van der Waals surface area contributed by atoms with Crippen LogP contribution in [-0.4, -0.2) is 14.5 Å². The number of benzene rings is 9. The minimum Gasteiger partial charge on any atom is -0.309 e. The Morgan fingerprint density at radius 1 is 0.371 bits per heavy atom. The number of hydrogen-bond acceptors (Lipinski definition) is 2. The van der Waals surface area contributed by atoms with Crippen molar-refractivity contribution >= 4 is 32.6 Å². The second kappa shape index (κ2) is 14.1. The second-order valence-corrected chi connectivity index (χ2v) is 17.0. The molecule has 0 atom stereocenters. The topological polar surface area (TPSA) is 30.7 Å². The molecule has 0 amide bonds. The summed E-state index contributed by atoms with van der Waals surface area (Å²) in [6, 6.07) is 76.6. The van der Waals surface area contributed by atoms with E-state index >= 15 is 0 Å². The van der Waals surface area contributed by atoms with Gasteiger partial charge in [-0.05, 0) is 110 Å². The van der Waals surface area contributed by atoms with Crippen molar-refractivity contribution in [3.05, 3.63) is 223 Å². The predicted molar refractivity (Wildman–Crippen MR) is 259 cm³/mol. The zero-order valence-corrected chi connectivity index (χ0v) is 34.5. The quantitative estimate of drug-likeness (QED) is 0.168. The molecule has 0 radical (unpaired) electrons. The molecular formula is C59H41N3. The van der Waals surface area contributed by atoms with Crippen molar-refractivity contribution in [2.75, 3.05) is 0 Å². The Hall–Kier alpha value is -7.88. The predicted octanol–water partition coefficient (Wildman–Crippen LogP) is 15.4. The van der Waals surface area contributed by atoms with Crippen LogP contribution in [0.1, 0.15) is 25.0 Å². The molecule has 12 rings (SSSR count). The first kappa shape index (κ1) is 36.0. The molecule has 2 aromatic heterocycles. The number of para-hydroxylation sites is 2. The molecule has 9 aromatic carbocycles. The molecule has 0 saturated heterocycles. The summed E-state index contributed by atoms with van der Waals surface area (Å²) in [5.74, 6) is 0.699. The van der Waals surface area contributed by atoms with Gasteiger partial charge in [-0.1, -0.05) is 172 Å². The van der Waals surface area contributed by atoms with Crippen LogP contribution in [0.2, 0.25) is 0 Å². The Kier molecular flexibility index (Phi) is 8.20. The minimum absolute atomic E-state index is 0.142. The van der Waals surface area contributed by atoms with E-state index in [9.17, 15) is 0 Å². The van der Waals surface area contributed by atoms with Crippen LogP contribution >= 0.6 is 0 Å². The van der Waals surface area contributed by atoms with Crippen LogP contribution in [0.3, 0.4) is 0 Å². The molecule has 3 nitrogen and oxygen atoms in total.